The Morgan fingerprint density at radius 2 is 2.00 bits per heavy atom. The fourth-order valence-electron chi connectivity index (χ4n) is 2.85. The van der Waals surface area contributed by atoms with Gasteiger partial charge in [-0.1, -0.05) is 26.8 Å². The van der Waals surface area contributed by atoms with Crippen LogP contribution >= 0.6 is 27.7 Å². The van der Waals surface area contributed by atoms with E-state index in [1.54, 1.807) is 0 Å². The van der Waals surface area contributed by atoms with Crippen molar-refractivity contribution in [3.05, 3.63) is 28.2 Å². The molecule has 2 rings (SSSR count). The van der Waals surface area contributed by atoms with Gasteiger partial charge < -0.3 is 10.2 Å². The second-order valence-electron chi connectivity index (χ2n) is 5.65. The third-order valence-electron chi connectivity index (χ3n) is 3.74. The lowest BCUT2D eigenvalue weighted by atomic mass is 10.1. The summed E-state index contributed by atoms with van der Waals surface area (Å²) in [5.41, 5.74) is 2.67. The first-order valence-corrected chi connectivity index (χ1v) is 9.18. The lowest BCUT2D eigenvalue weighted by Crippen LogP contribution is -2.40. The van der Waals surface area contributed by atoms with Crippen molar-refractivity contribution >= 4 is 33.4 Å². The molecule has 1 aromatic carbocycles. The zero-order valence-electron chi connectivity index (χ0n) is 12.8. The fraction of sp³-hybridized carbons (Fsp3) is 0.625. The predicted octanol–water partition coefficient (Wildman–Crippen LogP) is 4.45. The number of thioether (sulfide) groups is 1. The standard InChI is InChI=1S/C16H25BrN2S/c1-5-18-13(4)14-6-7-16(15(17)8-14)19-9-11(2)20-12(3)10-19/h6-8,11-13,18H,5,9-10H2,1-4H3. The van der Waals surface area contributed by atoms with Gasteiger partial charge in [0.1, 0.15) is 0 Å². The summed E-state index contributed by atoms with van der Waals surface area (Å²) in [4.78, 5) is 2.51. The number of benzene rings is 1. The summed E-state index contributed by atoms with van der Waals surface area (Å²) in [5, 5.41) is 4.86. The molecule has 1 fully saturated rings. The highest BCUT2D eigenvalue weighted by Crippen LogP contribution is 2.34. The molecule has 1 aromatic rings. The molecule has 0 aliphatic carbocycles. The van der Waals surface area contributed by atoms with Crippen LogP contribution in [0, 0.1) is 0 Å². The summed E-state index contributed by atoms with van der Waals surface area (Å²) in [5.74, 6) is 0. The van der Waals surface area contributed by atoms with Gasteiger partial charge in [0, 0.05) is 34.1 Å². The van der Waals surface area contributed by atoms with Crippen LogP contribution in [0.4, 0.5) is 5.69 Å². The third kappa shape index (κ3) is 3.92. The van der Waals surface area contributed by atoms with Crippen molar-refractivity contribution in [3.63, 3.8) is 0 Å². The van der Waals surface area contributed by atoms with Gasteiger partial charge in [0.15, 0.2) is 0 Å². The molecular formula is C16H25BrN2S. The van der Waals surface area contributed by atoms with E-state index < -0.39 is 0 Å². The van der Waals surface area contributed by atoms with Crippen LogP contribution in [-0.2, 0) is 0 Å². The molecule has 4 heteroatoms. The molecule has 1 aliphatic rings. The molecule has 20 heavy (non-hydrogen) atoms. The molecule has 3 unspecified atom stereocenters. The van der Waals surface area contributed by atoms with Gasteiger partial charge in [-0.25, -0.2) is 0 Å². The van der Waals surface area contributed by atoms with Crippen molar-refractivity contribution in [1.29, 1.82) is 0 Å². The maximum atomic E-state index is 3.77. The quantitative estimate of drug-likeness (QED) is 0.857. The van der Waals surface area contributed by atoms with Crippen molar-refractivity contribution in [2.24, 2.45) is 0 Å². The molecule has 0 amide bonds. The van der Waals surface area contributed by atoms with E-state index in [0.29, 0.717) is 16.5 Å². The summed E-state index contributed by atoms with van der Waals surface area (Å²) >= 11 is 5.86. The number of nitrogens with one attached hydrogen (secondary N) is 1. The zero-order valence-corrected chi connectivity index (χ0v) is 15.2. The summed E-state index contributed by atoms with van der Waals surface area (Å²) < 4.78 is 1.21. The van der Waals surface area contributed by atoms with Gasteiger partial charge in [-0.3, -0.25) is 0 Å². The van der Waals surface area contributed by atoms with Crippen molar-refractivity contribution in [3.8, 4) is 0 Å². The monoisotopic (exact) mass is 356 g/mol. The highest BCUT2D eigenvalue weighted by Gasteiger charge is 2.23. The van der Waals surface area contributed by atoms with Gasteiger partial charge >= 0.3 is 0 Å². The van der Waals surface area contributed by atoms with Crippen molar-refractivity contribution in [1.82, 2.24) is 5.32 Å². The first kappa shape index (κ1) is 16.2. The van der Waals surface area contributed by atoms with Crippen LogP contribution in [0.2, 0.25) is 0 Å². The van der Waals surface area contributed by atoms with Crippen molar-refractivity contribution in [2.75, 3.05) is 24.5 Å². The van der Waals surface area contributed by atoms with Gasteiger partial charge in [0.25, 0.3) is 0 Å². The topological polar surface area (TPSA) is 15.3 Å². The minimum absolute atomic E-state index is 0.403. The smallest absolute Gasteiger partial charge is 0.0511 e. The molecule has 1 aliphatic heterocycles. The van der Waals surface area contributed by atoms with Gasteiger partial charge in [0.2, 0.25) is 0 Å². The van der Waals surface area contributed by atoms with Gasteiger partial charge in [-0.05, 0) is 47.1 Å². The molecule has 2 nitrogen and oxygen atoms in total. The number of hydrogen-bond acceptors (Lipinski definition) is 3. The molecule has 1 N–H and O–H groups in total. The van der Waals surface area contributed by atoms with Crippen LogP contribution in [0.3, 0.4) is 0 Å². The Morgan fingerprint density at radius 1 is 1.35 bits per heavy atom. The van der Waals surface area contributed by atoms with E-state index in [2.05, 4.69) is 83.8 Å². The maximum absolute atomic E-state index is 3.77. The molecule has 1 heterocycles. The molecular weight excluding hydrogens is 332 g/mol. The van der Waals surface area contributed by atoms with E-state index in [-0.39, 0.29) is 0 Å². The number of anilines is 1. The van der Waals surface area contributed by atoms with Crippen molar-refractivity contribution < 1.29 is 0 Å². The van der Waals surface area contributed by atoms with E-state index in [1.807, 2.05) is 0 Å². The Hall–Kier alpha value is -0.190. The lowest BCUT2D eigenvalue weighted by molar-refractivity contribution is 0.597. The average Bonchev–Trinajstić information content (AvgIpc) is 2.37. The molecule has 0 aromatic heterocycles. The van der Waals surface area contributed by atoms with Gasteiger partial charge in [-0.15, -0.1) is 0 Å². The molecule has 0 radical (unpaired) electrons. The highest BCUT2D eigenvalue weighted by molar-refractivity contribution is 9.10. The second-order valence-corrected chi connectivity index (χ2v) is 8.39. The SMILES string of the molecule is CCNC(C)c1ccc(N2CC(C)SC(C)C2)c(Br)c1. The minimum Gasteiger partial charge on any atom is -0.368 e. The van der Waals surface area contributed by atoms with Crippen LogP contribution in [0.25, 0.3) is 0 Å². The minimum atomic E-state index is 0.403. The first-order valence-electron chi connectivity index (χ1n) is 7.44. The normalized spacial score (nSPS) is 24.8. The molecule has 0 spiro atoms. The fourth-order valence-corrected chi connectivity index (χ4v) is 4.82. The summed E-state index contributed by atoms with van der Waals surface area (Å²) in [6.45, 7) is 12.3. The maximum Gasteiger partial charge on any atom is 0.0511 e. The second kappa shape index (κ2) is 7.19. The van der Waals surface area contributed by atoms with Crippen LogP contribution in [0.5, 0.6) is 0 Å². The van der Waals surface area contributed by atoms with Crippen LogP contribution < -0.4 is 10.2 Å². The molecule has 0 bridgehead atoms. The van der Waals surface area contributed by atoms with E-state index in [4.69, 9.17) is 0 Å². The molecule has 1 saturated heterocycles. The number of nitrogens with zero attached hydrogens (tertiary/aromatic N) is 1. The van der Waals surface area contributed by atoms with E-state index in [1.165, 1.54) is 15.7 Å². The van der Waals surface area contributed by atoms with Gasteiger partial charge in [0.05, 0.1) is 5.69 Å². The Balaban J connectivity index is 2.17. The largest absolute Gasteiger partial charge is 0.368 e. The number of hydrogen-bond donors (Lipinski definition) is 1. The Bertz CT molecular complexity index is 442. The van der Waals surface area contributed by atoms with E-state index in [9.17, 15) is 0 Å². The predicted molar refractivity (Wildman–Crippen MR) is 95.0 cm³/mol. The average molecular weight is 357 g/mol. The van der Waals surface area contributed by atoms with Gasteiger partial charge in [-0.2, -0.15) is 11.8 Å². The highest BCUT2D eigenvalue weighted by atomic mass is 79.9. The van der Waals surface area contributed by atoms with Crippen LogP contribution in [0.15, 0.2) is 22.7 Å². The molecule has 3 atom stereocenters. The zero-order chi connectivity index (χ0) is 14.7. The van der Waals surface area contributed by atoms with Crippen molar-refractivity contribution in [2.45, 2.75) is 44.2 Å². The Morgan fingerprint density at radius 3 is 2.55 bits per heavy atom. The van der Waals surface area contributed by atoms with E-state index >= 15 is 0 Å². The number of halogens is 1. The summed E-state index contributed by atoms with van der Waals surface area (Å²) in [6.07, 6.45) is 0. The first-order chi connectivity index (χ1) is 9.51. The van der Waals surface area contributed by atoms with E-state index in [0.717, 1.165) is 19.6 Å². The van der Waals surface area contributed by atoms with Crippen LogP contribution in [0.1, 0.15) is 39.3 Å². The summed E-state index contributed by atoms with van der Waals surface area (Å²) in [6, 6.07) is 7.19. The lowest BCUT2D eigenvalue weighted by Gasteiger charge is -2.37. The van der Waals surface area contributed by atoms with Crippen LogP contribution in [-0.4, -0.2) is 30.1 Å². The molecule has 0 saturated carbocycles. The Kier molecular flexibility index (Phi) is 5.82. The third-order valence-corrected chi connectivity index (χ3v) is 5.60. The Labute approximate surface area is 135 Å². The molecule has 112 valence electrons. The summed E-state index contributed by atoms with van der Waals surface area (Å²) in [7, 11) is 0. The number of rotatable bonds is 4.